The molecule has 0 aromatic heterocycles. The van der Waals surface area contributed by atoms with E-state index in [-0.39, 0.29) is 18.3 Å². The molecule has 0 aliphatic rings. The van der Waals surface area contributed by atoms with Crippen LogP contribution in [0.15, 0.2) is 54.6 Å². The maximum atomic E-state index is 12.5. The van der Waals surface area contributed by atoms with E-state index in [9.17, 15) is 4.79 Å². The fraction of sp³-hybridized carbons (Fsp3) is 0.316. The van der Waals surface area contributed by atoms with Crippen molar-refractivity contribution < 1.29 is 4.79 Å². The molecule has 3 nitrogen and oxygen atoms in total. The van der Waals surface area contributed by atoms with Gasteiger partial charge < -0.3 is 10.6 Å². The molecule has 0 fully saturated rings. The van der Waals surface area contributed by atoms with Gasteiger partial charge >= 0.3 is 0 Å². The first-order valence-electron chi connectivity index (χ1n) is 7.85. The van der Waals surface area contributed by atoms with E-state index in [1.54, 1.807) is 0 Å². The second kappa shape index (κ2) is 9.90. The standard InChI is InChI=1S/C19H24N2O.ClH/c1-2-14-21(15-16-8-4-3-5-9-16)19(22)13-12-17-10-6-7-11-18(17)20;/h3-11H,2,12-15,20H2,1H3;1H. The lowest BCUT2D eigenvalue weighted by molar-refractivity contribution is -0.131. The van der Waals surface area contributed by atoms with E-state index in [0.29, 0.717) is 19.4 Å². The summed E-state index contributed by atoms with van der Waals surface area (Å²) in [4.78, 5) is 14.4. The number of hydrogen-bond donors (Lipinski definition) is 1. The van der Waals surface area contributed by atoms with E-state index >= 15 is 0 Å². The molecule has 0 spiro atoms. The summed E-state index contributed by atoms with van der Waals surface area (Å²) in [7, 11) is 0. The summed E-state index contributed by atoms with van der Waals surface area (Å²) < 4.78 is 0. The average Bonchev–Trinajstić information content (AvgIpc) is 2.54. The summed E-state index contributed by atoms with van der Waals surface area (Å²) in [5.74, 6) is 0.189. The number of nitrogen functional groups attached to an aromatic ring is 1. The highest BCUT2D eigenvalue weighted by molar-refractivity contribution is 5.85. The van der Waals surface area contributed by atoms with Crippen LogP contribution in [0.25, 0.3) is 0 Å². The molecule has 124 valence electrons. The highest BCUT2D eigenvalue weighted by Crippen LogP contribution is 2.14. The van der Waals surface area contributed by atoms with Crippen molar-refractivity contribution in [1.29, 1.82) is 0 Å². The zero-order valence-corrected chi connectivity index (χ0v) is 14.4. The lowest BCUT2D eigenvalue weighted by Gasteiger charge is -2.22. The third-order valence-corrected chi connectivity index (χ3v) is 3.73. The minimum Gasteiger partial charge on any atom is -0.399 e. The first-order chi connectivity index (χ1) is 10.7. The topological polar surface area (TPSA) is 46.3 Å². The number of amides is 1. The van der Waals surface area contributed by atoms with Gasteiger partial charge in [0.15, 0.2) is 0 Å². The minimum absolute atomic E-state index is 0. The Balaban J connectivity index is 0.00000264. The third-order valence-electron chi connectivity index (χ3n) is 3.73. The van der Waals surface area contributed by atoms with Gasteiger partial charge in [0.25, 0.3) is 0 Å². The molecule has 0 saturated carbocycles. The van der Waals surface area contributed by atoms with Crippen LogP contribution < -0.4 is 5.73 Å². The Morgan fingerprint density at radius 3 is 2.35 bits per heavy atom. The fourth-order valence-electron chi connectivity index (χ4n) is 2.53. The number of nitrogens with zero attached hydrogens (tertiary/aromatic N) is 1. The lowest BCUT2D eigenvalue weighted by atomic mass is 10.1. The lowest BCUT2D eigenvalue weighted by Crippen LogP contribution is -2.31. The second-order valence-corrected chi connectivity index (χ2v) is 5.50. The largest absolute Gasteiger partial charge is 0.399 e. The Kier molecular flexibility index (Phi) is 8.20. The normalized spacial score (nSPS) is 9.96. The van der Waals surface area contributed by atoms with E-state index in [1.165, 1.54) is 5.56 Å². The van der Waals surface area contributed by atoms with Crippen LogP contribution >= 0.6 is 12.4 Å². The van der Waals surface area contributed by atoms with Gasteiger partial charge in [0.05, 0.1) is 0 Å². The summed E-state index contributed by atoms with van der Waals surface area (Å²) in [5.41, 5.74) is 8.92. The average molecular weight is 333 g/mol. The molecule has 2 aromatic carbocycles. The smallest absolute Gasteiger partial charge is 0.223 e. The van der Waals surface area contributed by atoms with Crippen molar-refractivity contribution in [2.75, 3.05) is 12.3 Å². The van der Waals surface area contributed by atoms with Crippen LogP contribution in [0.1, 0.15) is 30.9 Å². The summed E-state index contributed by atoms with van der Waals surface area (Å²) >= 11 is 0. The Bertz CT molecular complexity index is 601. The molecule has 0 unspecified atom stereocenters. The fourth-order valence-corrected chi connectivity index (χ4v) is 2.53. The van der Waals surface area contributed by atoms with Crippen LogP contribution in [0, 0.1) is 0 Å². The molecule has 0 heterocycles. The predicted molar refractivity (Wildman–Crippen MR) is 98.6 cm³/mol. The van der Waals surface area contributed by atoms with Crippen LogP contribution in [0.3, 0.4) is 0 Å². The number of aryl methyl sites for hydroxylation is 1. The molecular weight excluding hydrogens is 308 g/mol. The van der Waals surface area contributed by atoms with Crippen molar-refractivity contribution >= 4 is 24.0 Å². The molecule has 2 rings (SSSR count). The van der Waals surface area contributed by atoms with Crippen molar-refractivity contribution in [2.45, 2.75) is 32.7 Å². The van der Waals surface area contributed by atoms with Crippen molar-refractivity contribution in [1.82, 2.24) is 4.90 Å². The summed E-state index contributed by atoms with van der Waals surface area (Å²) in [6.07, 6.45) is 2.16. The zero-order chi connectivity index (χ0) is 15.8. The first-order valence-corrected chi connectivity index (χ1v) is 7.85. The van der Waals surface area contributed by atoms with Crippen LogP contribution in [-0.4, -0.2) is 17.4 Å². The Morgan fingerprint density at radius 2 is 1.70 bits per heavy atom. The van der Waals surface area contributed by atoms with Gasteiger partial charge in [-0.3, -0.25) is 4.79 Å². The zero-order valence-electron chi connectivity index (χ0n) is 13.6. The highest BCUT2D eigenvalue weighted by atomic mass is 35.5. The van der Waals surface area contributed by atoms with E-state index < -0.39 is 0 Å². The Labute approximate surface area is 144 Å². The molecule has 0 atom stereocenters. The number of hydrogen-bond acceptors (Lipinski definition) is 2. The molecule has 0 bridgehead atoms. The molecule has 2 aromatic rings. The number of benzene rings is 2. The van der Waals surface area contributed by atoms with Gasteiger partial charge in [-0.25, -0.2) is 0 Å². The Hall–Kier alpha value is -2.00. The molecule has 23 heavy (non-hydrogen) atoms. The van der Waals surface area contributed by atoms with E-state index in [0.717, 1.165) is 24.2 Å². The van der Waals surface area contributed by atoms with E-state index in [1.807, 2.05) is 47.4 Å². The monoisotopic (exact) mass is 332 g/mol. The highest BCUT2D eigenvalue weighted by Gasteiger charge is 2.13. The van der Waals surface area contributed by atoms with Crippen LogP contribution in [0.2, 0.25) is 0 Å². The third kappa shape index (κ3) is 5.95. The molecule has 0 saturated heterocycles. The van der Waals surface area contributed by atoms with E-state index in [4.69, 9.17) is 5.73 Å². The molecule has 0 aliphatic heterocycles. The van der Waals surface area contributed by atoms with Crippen LogP contribution in [0.4, 0.5) is 5.69 Å². The maximum absolute atomic E-state index is 12.5. The first kappa shape index (κ1) is 19.0. The molecule has 4 heteroatoms. The van der Waals surface area contributed by atoms with Gasteiger partial charge in [-0.05, 0) is 30.0 Å². The molecular formula is C19H25ClN2O. The number of carbonyl (C=O) groups excluding carboxylic acids is 1. The predicted octanol–water partition coefficient (Wildman–Crippen LogP) is 4.06. The number of rotatable bonds is 7. The number of para-hydroxylation sites is 1. The summed E-state index contributed by atoms with van der Waals surface area (Å²) in [6, 6.07) is 17.9. The van der Waals surface area contributed by atoms with Crippen LogP contribution in [-0.2, 0) is 17.8 Å². The van der Waals surface area contributed by atoms with Crippen molar-refractivity contribution in [2.24, 2.45) is 0 Å². The Morgan fingerprint density at radius 1 is 1.04 bits per heavy atom. The van der Waals surface area contributed by atoms with E-state index in [2.05, 4.69) is 19.1 Å². The second-order valence-electron chi connectivity index (χ2n) is 5.50. The molecule has 0 aliphatic carbocycles. The van der Waals surface area contributed by atoms with Crippen LogP contribution in [0.5, 0.6) is 0 Å². The van der Waals surface area contributed by atoms with Gasteiger partial charge in [-0.15, -0.1) is 12.4 Å². The maximum Gasteiger partial charge on any atom is 0.223 e. The van der Waals surface area contributed by atoms with Gasteiger partial charge in [0, 0.05) is 25.2 Å². The van der Waals surface area contributed by atoms with Gasteiger partial charge in [0.2, 0.25) is 5.91 Å². The van der Waals surface area contributed by atoms with Crippen molar-refractivity contribution in [3.8, 4) is 0 Å². The number of carbonyl (C=O) groups is 1. The number of halogens is 1. The van der Waals surface area contributed by atoms with Gasteiger partial charge in [-0.2, -0.15) is 0 Å². The van der Waals surface area contributed by atoms with Gasteiger partial charge in [-0.1, -0.05) is 55.5 Å². The molecule has 1 amide bonds. The van der Waals surface area contributed by atoms with Gasteiger partial charge in [0.1, 0.15) is 0 Å². The number of nitrogens with two attached hydrogens (primary N) is 1. The molecule has 0 radical (unpaired) electrons. The van der Waals surface area contributed by atoms with Crippen molar-refractivity contribution in [3.63, 3.8) is 0 Å². The number of anilines is 1. The SMILES string of the molecule is CCCN(Cc1ccccc1)C(=O)CCc1ccccc1N.Cl. The van der Waals surface area contributed by atoms with Crippen molar-refractivity contribution in [3.05, 3.63) is 65.7 Å². The summed E-state index contributed by atoms with van der Waals surface area (Å²) in [6.45, 7) is 3.57. The molecule has 2 N–H and O–H groups in total. The minimum atomic E-state index is 0. The quantitative estimate of drug-likeness (QED) is 0.777. The summed E-state index contributed by atoms with van der Waals surface area (Å²) in [5, 5.41) is 0.